The monoisotopic (exact) mass is 274 g/mol. The number of aromatic hydroxyl groups is 1. The van der Waals surface area contributed by atoms with Gasteiger partial charge in [-0.3, -0.25) is 4.79 Å². The maximum absolute atomic E-state index is 11.8. The lowest BCUT2D eigenvalue weighted by molar-refractivity contribution is -0.117. The van der Waals surface area contributed by atoms with Crippen LogP contribution in [0.25, 0.3) is 10.8 Å². The van der Waals surface area contributed by atoms with E-state index in [1.165, 1.54) is 0 Å². The number of nitrogens with zero attached hydrogens (tertiary/aromatic N) is 2. The standard InChI is InChI=1S/C14H18N4O2/c1-2-7-18-11(8-12(19)17-14(15)16)9-5-3-4-6-10(9)13(18)20/h3-6,20H,2,7-8H2,1H3,(H4,15,16,17,19). The molecule has 2 rings (SSSR count). The number of hydrogen-bond donors (Lipinski definition) is 3. The number of carbonyl (C=O) groups is 1. The number of fused-ring (bicyclic) bond motifs is 1. The summed E-state index contributed by atoms with van der Waals surface area (Å²) in [6, 6.07) is 7.41. The van der Waals surface area contributed by atoms with E-state index in [0.717, 1.165) is 22.9 Å². The topological polar surface area (TPSA) is 107 Å². The molecule has 2 aromatic rings. The highest BCUT2D eigenvalue weighted by atomic mass is 16.3. The number of amides is 1. The number of carbonyl (C=O) groups excluding carboxylic acids is 1. The van der Waals surface area contributed by atoms with Crippen LogP contribution in [0.4, 0.5) is 0 Å². The Morgan fingerprint density at radius 1 is 1.30 bits per heavy atom. The Morgan fingerprint density at radius 2 is 1.95 bits per heavy atom. The van der Waals surface area contributed by atoms with Crippen LogP contribution < -0.4 is 11.5 Å². The summed E-state index contributed by atoms with van der Waals surface area (Å²) in [5, 5.41) is 11.8. The molecule has 20 heavy (non-hydrogen) atoms. The highest BCUT2D eigenvalue weighted by molar-refractivity contribution is 5.97. The summed E-state index contributed by atoms with van der Waals surface area (Å²) in [6.45, 7) is 2.64. The summed E-state index contributed by atoms with van der Waals surface area (Å²) >= 11 is 0. The maximum atomic E-state index is 11.8. The first-order chi connectivity index (χ1) is 9.54. The number of aromatic nitrogens is 1. The number of aliphatic imine (C=N–C) groups is 1. The molecule has 0 unspecified atom stereocenters. The van der Waals surface area contributed by atoms with Gasteiger partial charge in [0.15, 0.2) is 11.8 Å². The van der Waals surface area contributed by atoms with E-state index in [9.17, 15) is 9.90 Å². The molecular formula is C14H18N4O2. The van der Waals surface area contributed by atoms with Crippen LogP contribution in [0.15, 0.2) is 29.3 Å². The van der Waals surface area contributed by atoms with Gasteiger partial charge in [0.05, 0.1) is 6.42 Å². The molecule has 0 atom stereocenters. The number of benzene rings is 1. The van der Waals surface area contributed by atoms with Crippen molar-refractivity contribution in [3.05, 3.63) is 30.0 Å². The molecule has 0 saturated heterocycles. The fourth-order valence-electron chi connectivity index (χ4n) is 2.33. The average molecular weight is 274 g/mol. The summed E-state index contributed by atoms with van der Waals surface area (Å²) in [5.41, 5.74) is 11.2. The van der Waals surface area contributed by atoms with Crippen LogP contribution in [-0.4, -0.2) is 21.5 Å². The fraction of sp³-hybridized carbons (Fsp3) is 0.286. The van der Waals surface area contributed by atoms with E-state index in [0.29, 0.717) is 6.54 Å². The van der Waals surface area contributed by atoms with Gasteiger partial charge in [-0.25, -0.2) is 0 Å². The quantitative estimate of drug-likeness (QED) is 0.573. The Morgan fingerprint density at radius 3 is 2.55 bits per heavy atom. The zero-order valence-corrected chi connectivity index (χ0v) is 11.3. The van der Waals surface area contributed by atoms with E-state index < -0.39 is 5.91 Å². The van der Waals surface area contributed by atoms with Crippen molar-refractivity contribution in [3.63, 3.8) is 0 Å². The largest absolute Gasteiger partial charge is 0.494 e. The molecule has 0 spiro atoms. The van der Waals surface area contributed by atoms with Crippen LogP contribution in [-0.2, 0) is 17.8 Å². The first-order valence-electron chi connectivity index (χ1n) is 6.46. The average Bonchev–Trinajstić information content (AvgIpc) is 2.64. The van der Waals surface area contributed by atoms with Gasteiger partial charge in [0.25, 0.3) is 5.91 Å². The second-order valence-electron chi connectivity index (χ2n) is 4.57. The number of nitrogens with two attached hydrogens (primary N) is 2. The molecule has 1 aromatic carbocycles. The summed E-state index contributed by atoms with van der Waals surface area (Å²) in [4.78, 5) is 15.3. The van der Waals surface area contributed by atoms with Gasteiger partial charge in [-0.2, -0.15) is 4.99 Å². The van der Waals surface area contributed by atoms with Gasteiger partial charge in [0.2, 0.25) is 0 Å². The van der Waals surface area contributed by atoms with Gasteiger partial charge >= 0.3 is 0 Å². The van der Waals surface area contributed by atoms with Crippen LogP contribution in [0.2, 0.25) is 0 Å². The van der Waals surface area contributed by atoms with Crippen molar-refractivity contribution in [2.75, 3.05) is 0 Å². The van der Waals surface area contributed by atoms with Gasteiger partial charge in [-0.05, 0) is 12.5 Å². The van der Waals surface area contributed by atoms with Crippen molar-refractivity contribution in [2.45, 2.75) is 26.3 Å². The van der Waals surface area contributed by atoms with Crippen LogP contribution >= 0.6 is 0 Å². The number of hydrogen-bond acceptors (Lipinski definition) is 2. The predicted octanol–water partition coefficient (Wildman–Crippen LogP) is 1.10. The highest BCUT2D eigenvalue weighted by Gasteiger charge is 2.17. The Balaban J connectivity index is 2.52. The zero-order valence-electron chi connectivity index (χ0n) is 11.3. The van der Waals surface area contributed by atoms with Crippen molar-refractivity contribution < 1.29 is 9.90 Å². The lowest BCUT2D eigenvalue weighted by atomic mass is 10.1. The second-order valence-corrected chi connectivity index (χ2v) is 4.57. The zero-order chi connectivity index (χ0) is 14.7. The van der Waals surface area contributed by atoms with Gasteiger partial charge in [0.1, 0.15) is 0 Å². The molecular weight excluding hydrogens is 256 g/mol. The third-order valence-electron chi connectivity index (χ3n) is 3.08. The predicted molar refractivity (Wildman–Crippen MR) is 78.4 cm³/mol. The maximum Gasteiger partial charge on any atom is 0.254 e. The molecule has 0 radical (unpaired) electrons. The minimum Gasteiger partial charge on any atom is -0.494 e. The Labute approximate surface area is 116 Å². The van der Waals surface area contributed by atoms with Crippen molar-refractivity contribution >= 4 is 22.6 Å². The second kappa shape index (κ2) is 5.64. The number of guanidine groups is 1. The summed E-state index contributed by atoms with van der Waals surface area (Å²) in [5.74, 6) is -0.502. The third kappa shape index (κ3) is 2.59. The van der Waals surface area contributed by atoms with E-state index in [-0.39, 0.29) is 18.3 Å². The highest BCUT2D eigenvalue weighted by Crippen LogP contribution is 2.32. The van der Waals surface area contributed by atoms with E-state index in [4.69, 9.17) is 11.5 Å². The van der Waals surface area contributed by atoms with Gasteiger partial charge in [-0.15, -0.1) is 0 Å². The van der Waals surface area contributed by atoms with Crippen LogP contribution in [0.1, 0.15) is 19.0 Å². The number of rotatable bonds is 4. The molecule has 6 nitrogen and oxygen atoms in total. The van der Waals surface area contributed by atoms with Gasteiger partial charge in [-0.1, -0.05) is 25.1 Å². The fourth-order valence-corrected chi connectivity index (χ4v) is 2.33. The molecule has 0 saturated carbocycles. The minimum atomic E-state index is -0.425. The first kappa shape index (κ1) is 13.9. The van der Waals surface area contributed by atoms with E-state index in [1.807, 2.05) is 31.2 Å². The smallest absolute Gasteiger partial charge is 0.254 e. The summed E-state index contributed by atoms with van der Waals surface area (Å²) < 4.78 is 1.74. The molecule has 6 heteroatoms. The van der Waals surface area contributed by atoms with Gasteiger partial charge < -0.3 is 21.1 Å². The van der Waals surface area contributed by atoms with Crippen LogP contribution in [0.3, 0.4) is 0 Å². The van der Waals surface area contributed by atoms with Crippen molar-refractivity contribution in [2.24, 2.45) is 16.5 Å². The van der Waals surface area contributed by atoms with E-state index in [2.05, 4.69) is 4.99 Å². The lowest BCUT2D eigenvalue weighted by Gasteiger charge is -2.08. The van der Waals surface area contributed by atoms with E-state index in [1.54, 1.807) is 4.57 Å². The summed E-state index contributed by atoms with van der Waals surface area (Å²) in [7, 11) is 0. The third-order valence-corrected chi connectivity index (χ3v) is 3.08. The molecule has 0 aliphatic rings. The SMILES string of the molecule is CCCn1c(O)c2ccccc2c1CC(=O)N=C(N)N. The minimum absolute atomic E-state index is 0.0545. The molecule has 106 valence electrons. The first-order valence-corrected chi connectivity index (χ1v) is 6.46. The molecule has 0 bridgehead atoms. The van der Waals surface area contributed by atoms with E-state index >= 15 is 0 Å². The molecule has 1 amide bonds. The van der Waals surface area contributed by atoms with Crippen LogP contribution in [0.5, 0.6) is 5.88 Å². The lowest BCUT2D eigenvalue weighted by Crippen LogP contribution is -2.24. The molecule has 0 aliphatic heterocycles. The van der Waals surface area contributed by atoms with Crippen molar-refractivity contribution in [1.29, 1.82) is 0 Å². The van der Waals surface area contributed by atoms with Crippen LogP contribution in [0, 0.1) is 0 Å². The molecule has 1 heterocycles. The molecule has 0 aliphatic carbocycles. The molecule has 1 aromatic heterocycles. The van der Waals surface area contributed by atoms with Crippen molar-refractivity contribution in [1.82, 2.24) is 4.57 Å². The Hall–Kier alpha value is -2.50. The molecule has 0 fully saturated rings. The molecule has 5 N–H and O–H groups in total. The summed E-state index contributed by atoms with van der Waals surface area (Å²) in [6.07, 6.45) is 0.900. The van der Waals surface area contributed by atoms with Crippen molar-refractivity contribution in [3.8, 4) is 5.88 Å². The Bertz CT molecular complexity index is 669. The Kier molecular flexibility index (Phi) is 3.93. The van der Waals surface area contributed by atoms with Gasteiger partial charge in [0, 0.05) is 23.0 Å². The normalized spacial score (nSPS) is 10.7.